The van der Waals surface area contributed by atoms with Crippen molar-refractivity contribution in [3.05, 3.63) is 35.9 Å². The summed E-state index contributed by atoms with van der Waals surface area (Å²) in [6.45, 7) is 0.470. The van der Waals surface area contributed by atoms with Crippen LogP contribution in [0, 0.1) is 0 Å². The molecule has 1 unspecified atom stereocenters. The zero-order chi connectivity index (χ0) is 15.3. The lowest BCUT2D eigenvalue weighted by atomic mass is 9.73. The van der Waals surface area contributed by atoms with Crippen LogP contribution in [0.4, 0.5) is 4.79 Å². The lowest BCUT2D eigenvalue weighted by Crippen LogP contribution is -2.46. The summed E-state index contributed by atoms with van der Waals surface area (Å²) in [6.07, 6.45) is 4.92. The molecule has 2 amide bonds. The minimum Gasteiger partial charge on any atom is -0.389 e. The molecule has 1 aromatic rings. The second-order valence-electron chi connectivity index (χ2n) is 6.21. The third-order valence-corrected chi connectivity index (χ3v) is 4.43. The molecule has 1 saturated carbocycles. The van der Waals surface area contributed by atoms with E-state index in [4.69, 9.17) is 0 Å². The van der Waals surface area contributed by atoms with Gasteiger partial charge >= 0.3 is 6.03 Å². The van der Waals surface area contributed by atoms with Crippen molar-refractivity contribution in [1.29, 1.82) is 0 Å². The number of benzene rings is 1. The Bertz CT molecular complexity index is 453. The topological polar surface area (TPSA) is 52.6 Å². The first-order chi connectivity index (χ1) is 10.0. The molecular formula is C17H26N2O2. The molecule has 0 radical (unpaired) electrons. The Balaban J connectivity index is 2.16. The number of nitrogens with zero attached hydrogens (tertiary/aromatic N) is 1. The van der Waals surface area contributed by atoms with E-state index >= 15 is 0 Å². The van der Waals surface area contributed by atoms with Gasteiger partial charge in [-0.1, -0.05) is 49.6 Å². The van der Waals surface area contributed by atoms with Gasteiger partial charge in [-0.3, -0.25) is 0 Å². The first kappa shape index (κ1) is 15.8. The average Bonchev–Trinajstić information content (AvgIpc) is 2.48. The number of rotatable bonds is 4. The lowest BCUT2D eigenvalue weighted by Gasteiger charge is -2.39. The fraction of sp³-hybridized carbons (Fsp3) is 0.588. The van der Waals surface area contributed by atoms with Crippen LogP contribution < -0.4 is 5.32 Å². The summed E-state index contributed by atoms with van der Waals surface area (Å²) in [5, 5.41) is 14.0. The van der Waals surface area contributed by atoms with Crippen molar-refractivity contribution < 1.29 is 9.90 Å². The molecule has 116 valence electrons. The van der Waals surface area contributed by atoms with Gasteiger partial charge in [0, 0.05) is 26.6 Å². The third kappa shape index (κ3) is 3.97. The zero-order valence-corrected chi connectivity index (χ0v) is 13.0. The summed E-state index contributed by atoms with van der Waals surface area (Å²) >= 11 is 0. The van der Waals surface area contributed by atoms with E-state index in [1.807, 2.05) is 30.3 Å². The normalized spacial score (nSPS) is 18.8. The van der Waals surface area contributed by atoms with Crippen molar-refractivity contribution in [2.75, 3.05) is 20.6 Å². The molecule has 1 fully saturated rings. The van der Waals surface area contributed by atoms with Crippen molar-refractivity contribution in [3.8, 4) is 0 Å². The molecule has 4 nitrogen and oxygen atoms in total. The number of nitrogens with one attached hydrogen (secondary N) is 1. The van der Waals surface area contributed by atoms with E-state index < -0.39 is 5.60 Å². The van der Waals surface area contributed by atoms with Crippen molar-refractivity contribution in [1.82, 2.24) is 10.2 Å². The van der Waals surface area contributed by atoms with E-state index in [1.54, 1.807) is 14.1 Å². The Morgan fingerprint density at radius 1 is 1.24 bits per heavy atom. The van der Waals surface area contributed by atoms with Gasteiger partial charge in [-0.2, -0.15) is 0 Å². The molecule has 0 saturated heterocycles. The molecular weight excluding hydrogens is 264 g/mol. The van der Waals surface area contributed by atoms with Gasteiger partial charge in [-0.05, 0) is 18.4 Å². The summed E-state index contributed by atoms with van der Waals surface area (Å²) in [4.78, 5) is 13.3. The van der Waals surface area contributed by atoms with Gasteiger partial charge in [-0.25, -0.2) is 4.79 Å². The van der Waals surface area contributed by atoms with Crippen LogP contribution in [0.1, 0.15) is 43.6 Å². The zero-order valence-electron chi connectivity index (χ0n) is 13.0. The van der Waals surface area contributed by atoms with Gasteiger partial charge in [-0.15, -0.1) is 0 Å². The predicted octanol–water partition coefficient (Wildman–Crippen LogP) is 2.74. The van der Waals surface area contributed by atoms with Gasteiger partial charge in [0.15, 0.2) is 0 Å². The van der Waals surface area contributed by atoms with Gasteiger partial charge in [0.05, 0.1) is 5.60 Å². The van der Waals surface area contributed by atoms with Gasteiger partial charge < -0.3 is 15.3 Å². The number of carbonyl (C=O) groups is 1. The van der Waals surface area contributed by atoms with E-state index in [9.17, 15) is 9.90 Å². The molecule has 0 bridgehead atoms. The van der Waals surface area contributed by atoms with E-state index in [-0.39, 0.29) is 11.9 Å². The highest BCUT2D eigenvalue weighted by Crippen LogP contribution is 2.39. The molecule has 1 aliphatic carbocycles. The second-order valence-corrected chi connectivity index (χ2v) is 6.21. The van der Waals surface area contributed by atoms with Crippen molar-refractivity contribution >= 4 is 6.03 Å². The number of hydrogen-bond acceptors (Lipinski definition) is 2. The maximum Gasteiger partial charge on any atom is 0.316 e. The highest BCUT2D eigenvalue weighted by atomic mass is 16.3. The summed E-state index contributed by atoms with van der Waals surface area (Å²) in [7, 11) is 3.45. The Morgan fingerprint density at radius 3 is 2.43 bits per heavy atom. The van der Waals surface area contributed by atoms with Crippen molar-refractivity contribution in [3.63, 3.8) is 0 Å². The van der Waals surface area contributed by atoms with Crippen LogP contribution >= 0.6 is 0 Å². The highest BCUT2D eigenvalue weighted by Gasteiger charge is 2.38. The van der Waals surface area contributed by atoms with E-state index in [2.05, 4.69) is 5.32 Å². The molecule has 0 spiro atoms. The standard InChI is InChI=1S/C17H26N2O2/c1-19(2)16(20)18-13-15(14-9-5-3-6-10-14)17(21)11-7-4-8-12-17/h3,5-6,9-10,15,21H,4,7-8,11-13H2,1-2H3,(H,18,20). The van der Waals surface area contributed by atoms with E-state index in [0.717, 1.165) is 31.2 Å². The van der Waals surface area contributed by atoms with Crippen molar-refractivity contribution in [2.45, 2.75) is 43.6 Å². The summed E-state index contributed by atoms with van der Waals surface area (Å²) in [6, 6.07) is 9.92. The molecule has 2 N–H and O–H groups in total. The maximum absolute atomic E-state index is 11.8. The molecule has 1 atom stereocenters. The highest BCUT2D eigenvalue weighted by molar-refractivity contribution is 5.73. The molecule has 2 rings (SSSR count). The SMILES string of the molecule is CN(C)C(=O)NCC(c1ccccc1)C1(O)CCCCC1. The smallest absolute Gasteiger partial charge is 0.316 e. The Morgan fingerprint density at radius 2 is 1.86 bits per heavy atom. The third-order valence-electron chi connectivity index (χ3n) is 4.43. The fourth-order valence-electron chi connectivity index (χ4n) is 3.16. The maximum atomic E-state index is 11.8. The molecule has 4 heteroatoms. The van der Waals surface area contributed by atoms with Crippen LogP contribution in [0.2, 0.25) is 0 Å². The molecule has 0 aromatic heterocycles. The predicted molar refractivity (Wildman–Crippen MR) is 84.3 cm³/mol. The van der Waals surface area contributed by atoms with Gasteiger partial charge in [0.1, 0.15) is 0 Å². The molecule has 0 heterocycles. The van der Waals surface area contributed by atoms with Crippen LogP contribution in [0.15, 0.2) is 30.3 Å². The van der Waals surface area contributed by atoms with Gasteiger partial charge in [0.25, 0.3) is 0 Å². The summed E-state index contributed by atoms with van der Waals surface area (Å²) in [5.41, 5.74) is 0.389. The van der Waals surface area contributed by atoms with Crippen LogP contribution in [0.5, 0.6) is 0 Å². The Kier molecular flexibility index (Phi) is 5.23. The van der Waals surface area contributed by atoms with Gasteiger partial charge in [0.2, 0.25) is 0 Å². The molecule has 0 aliphatic heterocycles. The number of carbonyl (C=O) groups excluding carboxylic acids is 1. The van der Waals surface area contributed by atoms with Crippen LogP contribution in [-0.2, 0) is 0 Å². The Hall–Kier alpha value is -1.55. The fourth-order valence-corrected chi connectivity index (χ4v) is 3.16. The number of aliphatic hydroxyl groups is 1. The largest absolute Gasteiger partial charge is 0.389 e. The number of urea groups is 1. The van der Waals surface area contributed by atoms with E-state index in [1.165, 1.54) is 11.3 Å². The first-order valence-corrected chi connectivity index (χ1v) is 7.75. The van der Waals surface area contributed by atoms with Crippen LogP contribution in [0.3, 0.4) is 0 Å². The van der Waals surface area contributed by atoms with Crippen LogP contribution in [-0.4, -0.2) is 42.3 Å². The molecule has 21 heavy (non-hydrogen) atoms. The minimum atomic E-state index is -0.709. The molecule has 1 aliphatic rings. The summed E-state index contributed by atoms with van der Waals surface area (Å²) < 4.78 is 0. The number of hydrogen-bond donors (Lipinski definition) is 2. The molecule has 1 aromatic carbocycles. The second kappa shape index (κ2) is 6.94. The minimum absolute atomic E-state index is 0.0529. The Labute approximate surface area is 127 Å². The lowest BCUT2D eigenvalue weighted by molar-refractivity contribution is -0.0209. The summed E-state index contributed by atoms with van der Waals surface area (Å²) in [5.74, 6) is -0.0529. The van der Waals surface area contributed by atoms with Crippen molar-refractivity contribution in [2.24, 2.45) is 0 Å². The number of amides is 2. The van der Waals surface area contributed by atoms with Crippen LogP contribution in [0.25, 0.3) is 0 Å². The average molecular weight is 290 g/mol. The first-order valence-electron chi connectivity index (χ1n) is 7.75. The monoisotopic (exact) mass is 290 g/mol. The van der Waals surface area contributed by atoms with E-state index in [0.29, 0.717) is 6.54 Å². The quantitative estimate of drug-likeness (QED) is 0.896.